The summed E-state index contributed by atoms with van der Waals surface area (Å²) in [7, 11) is 0. The molecule has 0 spiro atoms. The van der Waals surface area contributed by atoms with Gasteiger partial charge >= 0.3 is 6.18 Å². The molecule has 0 unspecified atom stereocenters. The fraction of sp³-hybridized carbons (Fsp3) is 0.714. The molecule has 1 amide bonds. The molecule has 5 nitrogen and oxygen atoms in total. The second-order valence-electron chi connectivity index (χ2n) is 8.52. The van der Waals surface area contributed by atoms with Gasteiger partial charge < -0.3 is 15.1 Å². The van der Waals surface area contributed by atoms with E-state index < -0.39 is 18.2 Å². The van der Waals surface area contributed by atoms with Gasteiger partial charge in [-0.25, -0.2) is 0 Å². The van der Waals surface area contributed by atoms with Gasteiger partial charge in [-0.3, -0.25) is 9.78 Å². The number of halogens is 5. The molecule has 1 aromatic heterocycles. The van der Waals surface area contributed by atoms with Gasteiger partial charge in [0, 0.05) is 37.4 Å². The zero-order valence-corrected chi connectivity index (χ0v) is 18.7. The molecule has 1 saturated carbocycles. The van der Waals surface area contributed by atoms with Crippen LogP contribution >= 0.6 is 23.2 Å². The van der Waals surface area contributed by atoms with Gasteiger partial charge in [-0.1, -0.05) is 29.6 Å². The van der Waals surface area contributed by atoms with Crippen molar-refractivity contribution in [3.05, 3.63) is 27.5 Å². The molecule has 3 rings (SSSR count). The summed E-state index contributed by atoms with van der Waals surface area (Å²) < 4.78 is 39.4. The maximum Gasteiger partial charge on any atom is 0.414 e. The van der Waals surface area contributed by atoms with Gasteiger partial charge in [-0.2, -0.15) is 13.2 Å². The summed E-state index contributed by atoms with van der Waals surface area (Å²) in [5, 5.41) is 19.5. The molecule has 0 radical (unpaired) electrons. The van der Waals surface area contributed by atoms with Gasteiger partial charge in [-0.05, 0) is 43.9 Å². The Morgan fingerprint density at radius 1 is 1.29 bits per heavy atom. The molecule has 1 saturated heterocycles. The number of rotatable bonds is 5. The Kier molecular flexibility index (Phi) is 7.77. The van der Waals surface area contributed by atoms with Crippen molar-refractivity contribution in [1.82, 2.24) is 9.88 Å². The number of hydrogen-bond donors (Lipinski definition) is 2. The van der Waals surface area contributed by atoms with Crippen LogP contribution in [0.5, 0.6) is 0 Å². The summed E-state index contributed by atoms with van der Waals surface area (Å²) in [6.07, 6.45) is -3.27. The maximum absolute atomic E-state index is 13.1. The lowest BCUT2D eigenvalue weighted by atomic mass is 9.64. The van der Waals surface area contributed by atoms with Crippen LogP contribution in [0.1, 0.15) is 43.9 Å². The van der Waals surface area contributed by atoms with Crippen molar-refractivity contribution in [3.8, 4) is 0 Å². The first-order valence-corrected chi connectivity index (χ1v) is 11.3. The summed E-state index contributed by atoms with van der Waals surface area (Å²) >= 11 is 12.6. The van der Waals surface area contributed by atoms with Gasteiger partial charge in [0.05, 0.1) is 22.2 Å². The Morgan fingerprint density at radius 3 is 2.65 bits per heavy atom. The minimum atomic E-state index is -4.64. The summed E-state index contributed by atoms with van der Waals surface area (Å²) in [5.41, 5.74) is 0.898. The molecular formula is C21H27Cl2F3N2O3. The number of nitrogens with zero attached hydrogens (tertiary/aromatic N) is 2. The normalized spacial score (nSPS) is 27.7. The molecule has 1 aromatic rings. The van der Waals surface area contributed by atoms with E-state index in [0.717, 1.165) is 6.42 Å². The Morgan fingerprint density at radius 2 is 2.00 bits per heavy atom. The third kappa shape index (κ3) is 5.13. The molecule has 174 valence electrons. The van der Waals surface area contributed by atoms with Gasteiger partial charge in [0.1, 0.15) is 0 Å². The molecule has 2 aliphatic rings. The largest absolute Gasteiger partial charge is 0.414 e. The maximum atomic E-state index is 13.1. The highest BCUT2D eigenvalue weighted by molar-refractivity contribution is 6.36. The lowest BCUT2D eigenvalue weighted by Gasteiger charge is -2.50. The average Bonchev–Trinajstić information content (AvgIpc) is 2.72. The van der Waals surface area contributed by atoms with Crippen molar-refractivity contribution in [3.63, 3.8) is 0 Å². The van der Waals surface area contributed by atoms with E-state index in [-0.39, 0.29) is 53.3 Å². The molecule has 31 heavy (non-hydrogen) atoms. The van der Waals surface area contributed by atoms with Crippen LogP contribution in [-0.2, 0) is 17.6 Å². The number of fused-ring (bicyclic) bond motifs is 1. The highest BCUT2D eigenvalue weighted by atomic mass is 35.5. The third-order valence-corrected chi connectivity index (χ3v) is 7.64. The Labute approximate surface area is 189 Å². The van der Waals surface area contributed by atoms with Crippen LogP contribution in [0.4, 0.5) is 13.2 Å². The molecule has 0 aromatic carbocycles. The van der Waals surface area contributed by atoms with E-state index in [1.807, 2.05) is 6.92 Å². The number of amides is 1. The Bertz CT molecular complexity index is 809. The SMILES string of the molecule is C[C@H]1[C@H]2CCC[C@@H]([C@H](O)C(F)(F)F)[C@@H]2CCN1C(=O)Cc1c(Cl)cnc(CCO)c1Cl. The summed E-state index contributed by atoms with van der Waals surface area (Å²) in [6.45, 7) is 2.05. The first-order chi connectivity index (χ1) is 14.6. The topological polar surface area (TPSA) is 73.7 Å². The number of carbonyl (C=O) groups is 1. The zero-order chi connectivity index (χ0) is 22.9. The molecule has 0 bridgehead atoms. The van der Waals surface area contributed by atoms with E-state index >= 15 is 0 Å². The van der Waals surface area contributed by atoms with E-state index in [1.54, 1.807) is 4.90 Å². The molecule has 1 aliphatic carbocycles. The van der Waals surface area contributed by atoms with Crippen LogP contribution < -0.4 is 0 Å². The van der Waals surface area contributed by atoms with E-state index in [2.05, 4.69) is 4.98 Å². The molecule has 5 atom stereocenters. The van der Waals surface area contributed by atoms with Crippen molar-refractivity contribution >= 4 is 29.1 Å². The summed E-state index contributed by atoms with van der Waals surface area (Å²) in [6, 6.07) is -0.245. The van der Waals surface area contributed by atoms with Gasteiger partial charge in [-0.15, -0.1) is 0 Å². The van der Waals surface area contributed by atoms with Gasteiger partial charge in [0.15, 0.2) is 6.10 Å². The van der Waals surface area contributed by atoms with Gasteiger partial charge in [0.2, 0.25) is 5.91 Å². The minimum absolute atomic E-state index is 0.0467. The molecular weight excluding hydrogens is 456 g/mol. The zero-order valence-electron chi connectivity index (χ0n) is 17.2. The highest BCUT2D eigenvalue weighted by Gasteiger charge is 2.51. The van der Waals surface area contributed by atoms with Gasteiger partial charge in [0.25, 0.3) is 0 Å². The predicted molar refractivity (Wildman–Crippen MR) is 111 cm³/mol. The molecule has 2 N–H and O–H groups in total. The van der Waals surface area contributed by atoms with Crippen LogP contribution in [0.2, 0.25) is 10.0 Å². The van der Waals surface area contributed by atoms with Crippen molar-refractivity contribution in [2.75, 3.05) is 13.2 Å². The van der Waals surface area contributed by atoms with Crippen LogP contribution in [0.25, 0.3) is 0 Å². The standard InChI is InChI=1S/C21H27Cl2F3N2O3/c1-11-12-3-2-4-14(20(31)21(24,25)26)13(12)5-7-28(11)18(30)9-15-16(22)10-27-17(6-8-29)19(15)23/h10-14,20,29,31H,2-9H2,1H3/t11-,12+,13+,14+,20-/m0/s1. The average molecular weight is 483 g/mol. The first kappa shape index (κ1) is 24.6. The van der Waals surface area contributed by atoms with E-state index in [9.17, 15) is 23.1 Å². The van der Waals surface area contributed by atoms with Crippen LogP contribution in [-0.4, -0.2) is 57.5 Å². The van der Waals surface area contributed by atoms with Crippen LogP contribution in [0, 0.1) is 17.8 Å². The number of pyridine rings is 1. The van der Waals surface area contributed by atoms with E-state index in [1.165, 1.54) is 6.20 Å². The second kappa shape index (κ2) is 9.81. The highest BCUT2D eigenvalue weighted by Crippen LogP contribution is 2.47. The fourth-order valence-corrected chi connectivity index (χ4v) is 5.89. The smallest absolute Gasteiger partial charge is 0.396 e. The number of alkyl halides is 3. The quantitative estimate of drug-likeness (QED) is 0.663. The van der Waals surface area contributed by atoms with E-state index in [0.29, 0.717) is 37.1 Å². The molecule has 1 aliphatic heterocycles. The number of hydrogen-bond acceptors (Lipinski definition) is 4. The number of likely N-dealkylation sites (tertiary alicyclic amines) is 1. The number of piperidine rings is 1. The molecule has 10 heteroatoms. The van der Waals surface area contributed by atoms with Crippen LogP contribution in [0.3, 0.4) is 0 Å². The number of aromatic nitrogens is 1. The number of carbonyl (C=O) groups excluding carboxylic acids is 1. The monoisotopic (exact) mass is 482 g/mol. The lowest BCUT2D eigenvalue weighted by molar-refractivity contribution is -0.233. The summed E-state index contributed by atoms with van der Waals surface area (Å²) in [4.78, 5) is 18.9. The fourth-order valence-electron chi connectivity index (χ4n) is 5.31. The Hall–Kier alpha value is -1.09. The van der Waals surface area contributed by atoms with Crippen LogP contribution in [0.15, 0.2) is 6.20 Å². The second-order valence-corrected chi connectivity index (χ2v) is 9.31. The molecule has 2 fully saturated rings. The van der Waals surface area contributed by atoms with Crippen molar-refractivity contribution in [2.24, 2.45) is 17.8 Å². The predicted octanol–water partition coefficient (Wildman–Crippen LogP) is 4.04. The number of aliphatic hydroxyl groups excluding tert-OH is 2. The molecule has 2 heterocycles. The first-order valence-electron chi connectivity index (χ1n) is 10.5. The van der Waals surface area contributed by atoms with Crippen molar-refractivity contribution < 1.29 is 28.2 Å². The lowest BCUT2D eigenvalue weighted by Crippen LogP contribution is -2.55. The third-order valence-electron chi connectivity index (χ3n) is 6.87. The van der Waals surface area contributed by atoms with E-state index in [4.69, 9.17) is 28.3 Å². The number of aliphatic hydroxyl groups is 2. The summed E-state index contributed by atoms with van der Waals surface area (Å²) in [5.74, 6) is -1.39. The van der Waals surface area contributed by atoms with Crippen molar-refractivity contribution in [1.29, 1.82) is 0 Å². The minimum Gasteiger partial charge on any atom is -0.396 e. The van der Waals surface area contributed by atoms with Crippen molar-refractivity contribution in [2.45, 2.75) is 63.8 Å². The Balaban J connectivity index is 1.75.